The highest BCUT2D eigenvalue weighted by Crippen LogP contribution is 2.24. The van der Waals surface area contributed by atoms with Crippen LogP contribution in [0, 0.1) is 6.92 Å². The van der Waals surface area contributed by atoms with Crippen molar-refractivity contribution in [3.63, 3.8) is 0 Å². The van der Waals surface area contributed by atoms with Crippen LogP contribution < -0.4 is 10.5 Å². The number of anilines is 1. The highest BCUT2D eigenvalue weighted by Gasteiger charge is 2.18. The van der Waals surface area contributed by atoms with Crippen LogP contribution in [0.3, 0.4) is 0 Å². The number of nitrogens with zero attached hydrogens (tertiary/aromatic N) is 3. The van der Waals surface area contributed by atoms with Crippen molar-refractivity contribution in [2.75, 3.05) is 11.4 Å². The Bertz CT molecular complexity index is 1260. The molecular weight excluding hydrogens is 376 g/mol. The molecule has 2 aromatic heterocycles. The summed E-state index contributed by atoms with van der Waals surface area (Å²) in [4.78, 5) is 30.5. The van der Waals surface area contributed by atoms with Gasteiger partial charge in [0.2, 0.25) is 5.91 Å². The van der Waals surface area contributed by atoms with Gasteiger partial charge >= 0.3 is 0 Å². The third-order valence-corrected chi connectivity index (χ3v) is 5.03. The Kier molecular flexibility index (Phi) is 4.65. The summed E-state index contributed by atoms with van der Waals surface area (Å²) in [6.45, 7) is 4.18. The average molecular weight is 395 g/mol. The molecule has 7 heteroatoms. The molecule has 0 bridgehead atoms. The summed E-state index contributed by atoms with van der Waals surface area (Å²) in [6, 6.07) is 13.0. The number of H-pyrrole nitrogens is 1. The lowest BCUT2D eigenvalue weighted by Crippen LogP contribution is -2.37. The van der Waals surface area contributed by atoms with Crippen molar-refractivity contribution >= 4 is 45.0 Å². The molecule has 142 valence electrons. The second-order valence-electron chi connectivity index (χ2n) is 6.69. The molecule has 0 radical (unpaired) electrons. The van der Waals surface area contributed by atoms with Gasteiger partial charge in [-0.2, -0.15) is 5.10 Å². The standard InChI is InChI=1S/C21H19ClN4O2/c1-3-25(15-6-4-5-14(22)10-15)19(27)12-26-21(28)20-17(11-23-26)16-9-13(2)7-8-18(16)24-20/h4-11,24H,3,12H2,1-2H3. The Labute approximate surface area is 166 Å². The Hall–Kier alpha value is -3.12. The molecule has 0 fully saturated rings. The van der Waals surface area contributed by atoms with E-state index in [2.05, 4.69) is 10.1 Å². The van der Waals surface area contributed by atoms with E-state index in [1.165, 1.54) is 4.68 Å². The quantitative estimate of drug-likeness (QED) is 0.570. The number of amides is 1. The molecule has 0 atom stereocenters. The number of carbonyl (C=O) groups excluding carboxylic acids is 1. The van der Waals surface area contributed by atoms with Crippen LogP contribution in [-0.4, -0.2) is 27.2 Å². The number of carbonyl (C=O) groups is 1. The topological polar surface area (TPSA) is 71.0 Å². The highest BCUT2D eigenvalue weighted by molar-refractivity contribution is 6.30. The maximum atomic E-state index is 12.9. The zero-order valence-electron chi connectivity index (χ0n) is 15.6. The van der Waals surface area contributed by atoms with Crippen LogP contribution in [0.25, 0.3) is 21.8 Å². The van der Waals surface area contributed by atoms with E-state index in [1.807, 2.05) is 38.1 Å². The minimum absolute atomic E-state index is 0.149. The zero-order valence-corrected chi connectivity index (χ0v) is 16.3. The largest absolute Gasteiger partial charge is 0.350 e. The Morgan fingerprint density at radius 3 is 2.79 bits per heavy atom. The molecule has 0 spiro atoms. The van der Waals surface area contributed by atoms with Crippen LogP contribution >= 0.6 is 11.6 Å². The first kappa shape index (κ1) is 18.3. The summed E-state index contributed by atoms with van der Waals surface area (Å²) < 4.78 is 1.19. The van der Waals surface area contributed by atoms with Crippen molar-refractivity contribution in [1.29, 1.82) is 0 Å². The van der Waals surface area contributed by atoms with E-state index in [-0.39, 0.29) is 18.0 Å². The summed E-state index contributed by atoms with van der Waals surface area (Å²) in [7, 11) is 0. The molecule has 1 amide bonds. The van der Waals surface area contributed by atoms with Gasteiger partial charge in [0.15, 0.2) is 0 Å². The van der Waals surface area contributed by atoms with Crippen molar-refractivity contribution in [2.24, 2.45) is 0 Å². The van der Waals surface area contributed by atoms with Crippen molar-refractivity contribution < 1.29 is 4.79 Å². The molecule has 0 aliphatic heterocycles. The minimum atomic E-state index is -0.318. The molecule has 6 nitrogen and oxygen atoms in total. The van der Waals surface area contributed by atoms with E-state index in [9.17, 15) is 9.59 Å². The summed E-state index contributed by atoms with van der Waals surface area (Å²) in [6.07, 6.45) is 1.64. The van der Waals surface area contributed by atoms with Crippen molar-refractivity contribution in [2.45, 2.75) is 20.4 Å². The molecule has 0 aliphatic carbocycles. The SMILES string of the molecule is CCN(C(=O)Cn1ncc2c([nH]c3ccc(C)cc32)c1=O)c1cccc(Cl)c1. The number of hydrogen-bond donors (Lipinski definition) is 1. The predicted octanol–water partition coefficient (Wildman–Crippen LogP) is 3.89. The van der Waals surface area contributed by atoms with Crippen molar-refractivity contribution in [3.05, 3.63) is 69.6 Å². The van der Waals surface area contributed by atoms with Crippen molar-refractivity contribution in [3.8, 4) is 0 Å². The number of benzene rings is 2. The molecular formula is C21H19ClN4O2. The van der Waals surface area contributed by atoms with Gasteiger partial charge in [-0.1, -0.05) is 29.3 Å². The van der Waals surface area contributed by atoms with E-state index >= 15 is 0 Å². The van der Waals surface area contributed by atoms with E-state index in [0.29, 0.717) is 22.8 Å². The van der Waals surface area contributed by atoms with E-state index < -0.39 is 0 Å². The summed E-state index contributed by atoms with van der Waals surface area (Å²) in [5.41, 5.74) is 2.80. The molecule has 0 saturated heterocycles. The van der Waals surface area contributed by atoms with E-state index in [1.54, 1.807) is 29.3 Å². The number of aromatic nitrogens is 3. The van der Waals surface area contributed by atoms with Crippen LogP contribution in [0.4, 0.5) is 5.69 Å². The third kappa shape index (κ3) is 3.16. The Morgan fingerprint density at radius 1 is 1.21 bits per heavy atom. The van der Waals surface area contributed by atoms with Gasteiger partial charge in [0.1, 0.15) is 12.1 Å². The van der Waals surface area contributed by atoms with Crippen molar-refractivity contribution in [1.82, 2.24) is 14.8 Å². The summed E-state index contributed by atoms with van der Waals surface area (Å²) in [5.74, 6) is -0.231. The third-order valence-electron chi connectivity index (χ3n) is 4.79. The number of hydrogen-bond acceptors (Lipinski definition) is 3. The first-order valence-electron chi connectivity index (χ1n) is 9.02. The molecule has 1 N–H and O–H groups in total. The van der Waals surface area contributed by atoms with E-state index in [4.69, 9.17) is 11.6 Å². The van der Waals surface area contributed by atoms with Crippen LogP contribution in [0.1, 0.15) is 12.5 Å². The lowest BCUT2D eigenvalue weighted by molar-refractivity contribution is -0.119. The second-order valence-corrected chi connectivity index (χ2v) is 7.12. The average Bonchev–Trinajstić information content (AvgIpc) is 3.03. The summed E-state index contributed by atoms with van der Waals surface area (Å²) in [5, 5.41) is 6.50. The normalized spacial score (nSPS) is 11.2. The number of nitrogens with one attached hydrogen (secondary N) is 1. The second kappa shape index (κ2) is 7.13. The number of aryl methyl sites for hydroxylation is 1. The predicted molar refractivity (Wildman–Crippen MR) is 112 cm³/mol. The van der Waals surface area contributed by atoms with Crippen LogP contribution in [0.5, 0.6) is 0 Å². The maximum absolute atomic E-state index is 12.9. The van der Waals surface area contributed by atoms with Crippen LogP contribution in [0.15, 0.2) is 53.5 Å². The number of rotatable bonds is 4. The van der Waals surface area contributed by atoms with Gasteiger partial charge in [-0.25, -0.2) is 4.68 Å². The van der Waals surface area contributed by atoms with Gasteiger partial charge in [0.05, 0.1) is 6.20 Å². The van der Waals surface area contributed by atoms with Gasteiger partial charge in [-0.05, 0) is 44.2 Å². The number of fused-ring (bicyclic) bond motifs is 3. The highest BCUT2D eigenvalue weighted by atomic mass is 35.5. The number of aromatic amines is 1. The van der Waals surface area contributed by atoms with Crippen LogP contribution in [0.2, 0.25) is 5.02 Å². The smallest absolute Gasteiger partial charge is 0.291 e. The molecule has 4 aromatic rings. The molecule has 4 rings (SSSR count). The fourth-order valence-electron chi connectivity index (χ4n) is 3.41. The Balaban J connectivity index is 1.71. The molecule has 28 heavy (non-hydrogen) atoms. The number of likely N-dealkylation sites (N-methyl/N-ethyl adjacent to an activating group) is 1. The van der Waals surface area contributed by atoms with Crippen LogP contribution in [-0.2, 0) is 11.3 Å². The summed E-state index contributed by atoms with van der Waals surface area (Å²) >= 11 is 6.04. The van der Waals surface area contributed by atoms with Gasteiger partial charge < -0.3 is 9.88 Å². The fraction of sp³-hybridized carbons (Fsp3) is 0.190. The molecule has 2 aromatic carbocycles. The minimum Gasteiger partial charge on any atom is -0.350 e. The fourth-order valence-corrected chi connectivity index (χ4v) is 3.60. The van der Waals surface area contributed by atoms with Gasteiger partial charge in [0, 0.05) is 33.5 Å². The zero-order chi connectivity index (χ0) is 19.8. The first-order chi connectivity index (χ1) is 13.5. The molecule has 0 unspecified atom stereocenters. The molecule has 2 heterocycles. The first-order valence-corrected chi connectivity index (χ1v) is 9.40. The lowest BCUT2D eigenvalue weighted by Gasteiger charge is -2.21. The van der Waals surface area contributed by atoms with Gasteiger partial charge in [-0.3, -0.25) is 9.59 Å². The monoisotopic (exact) mass is 394 g/mol. The molecule has 0 saturated carbocycles. The molecule has 0 aliphatic rings. The van der Waals surface area contributed by atoms with Gasteiger partial charge in [-0.15, -0.1) is 0 Å². The van der Waals surface area contributed by atoms with E-state index in [0.717, 1.165) is 21.9 Å². The number of halogens is 1. The maximum Gasteiger partial charge on any atom is 0.291 e. The lowest BCUT2D eigenvalue weighted by atomic mass is 10.1. The Morgan fingerprint density at radius 2 is 2.04 bits per heavy atom. The van der Waals surface area contributed by atoms with Gasteiger partial charge in [0.25, 0.3) is 5.56 Å².